The summed E-state index contributed by atoms with van der Waals surface area (Å²) in [6.07, 6.45) is 1.39. The average Bonchev–Trinajstić information content (AvgIpc) is 3.10. The standard InChI is InChI=1S/C21H25NO4S/c1-4-27(25)16-8-5-7-15(13-16)20(23)19-11-10-18-17(9-6-12-22(18)19)21(24)26-14(2)3/h5,7-8,10-11,13-14,17H,4,6,9,12H2,1-3H3. The first-order valence-electron chi connectivity index (χ1n) is 9.35. The van der Waals surface area contributed by atoms with Crippen LogP contribution >= 0.6 is 0 Å². The molecule has 2 atom stereocenters. The summed E-state index contributed by atoms with van der Waals surface area (Å²) in [5.41, 5.74) is 1.91. The number of esters is 1. The zero-order chi connectivity index (χ0) is 19.6. The Morgan fingerprint density at radius 2 is 2.04 bits per heavy atom. The molecular weight excluding hydrogens is 362 g/mol. The molecule has 0 saturated carbocycles. The van der Waals surface area contributed by atoms with Gasteiger partial charge in [0.05, 0.1) is 28.5 Å². The first kappa shape index (κ1) is 19.5. The van der Waals surface area contributed by atoms with Gasteiger partial charge in [0.25, 0.3) is 0 Å². The molecule has 0 radical (unpaired) electrons. The first-order chi connectivity index (χ1) is 12.9. The van der Waals surface area contributed by atoms with Crippen molar-refractivity contribution in [3.8, 4) is 0 Å². The largest absolute Gasteiger partial charge is 0.462 e. The summed E-state index contributed by atoms with van der Waals surface area (Å²) in [6, 6.07) is 10.6. The van der Waals surface area contributed by atoms with Crippen molar-refractivity contribution < 1.29 is 18.5 Å². The van der Waals surface area contributed by atoms with E-state index in [0.29, 0.717) is 28.5 Å². The number of aromatic nitrogens is 1. The molecule has 27 heavy (non-hydrogen) atoms. The fraction of sp³-hybridized carbons (Fsp3) is 0.429. The lowest BCUT2D eigenvalue weighted by Crippen LogP contribution is -2.27. The van der Waals surface area contributed by atoms with Crippen LogP contribution in [0.2, 0.25) is 0 Å². The van der Waals surface area contributed by atoms with E-state index in [-0.39, 0.29) is 23.8 Å². The van der Waals surface area contributed by atoms with Crippen molar-refractivity contribution in [3.05, 3.63) is 53.3 Å². The molecule has 3 rings (SSSR count). The van der Waals surface area contributed by atoms with Crippen LogP contribution in [0.25, 0.3) is 0 Å². The predicted octanol–water partition coefficient (Wildman–Crippen LogP) is 3.68. The Labute approximate surface area is 162 Å². The maximum atomic E-state index is 13.1. The number of rotatable bonds is 6. The summed E-state index contributed by atoms with van der Waals surface area (Å²) in [7, 11) is -1.10. The number of carbonyl (C=O) groups is 2. The Morgan fingerprint density at radius 3 is 2.74 bits per heavy atom. The number of hydrogen-bond acceptors (Lipinski definition) is 4. The number of nitrogens with zero attached hydrogens (tertiary/aromatic N) is 1. The second-order valence-corrected chi connectivity index (χ2v) is 8.71. The van der Waals surface area contributed by atoms with Crippen molar-refractivity contribution in [2.75, 3.05) is 5.75 Å². The molecule has 144 valence electrons. The van der Waals surface area contributed by atoms with Gasteiger partial charge in [0.1, 0.15) is 0 Å². The Morgan fingerprint density at radius 1 is 1.26 bits per heavy atom. The average molecular weight is 388 g/mol. The summed E-state index contributed by atoms with van der Waals surface area (Å²) in [5, 5.41) is 0. The van der Waals surface area contributed by atoms with Crippen LogP contribution in [0.3, 0.4) is 0 Å². The van der Waals surface area contributed by atoms with Gasteiger partial charge in [-0.1, -0.05) is 19.1 Å². The topological polar surface area (TPSA) is 65.4 Å². The van der Waals surface area contributed by atoms with Gasteiger partial charge in [-0.15, -0.1) is 0 Å². The van der Waals surface area contributed by atoms with Gasteiger partial charge in [-0.3, -0.25) is 13.8 Å². The molecule has 0 fully saturated rings. The minimum absolute atomic E-state index is 0.117. The van der Waals surface area contributed by atoms with Crippen molar-refractivity contribution in [3.63, 3.8) is 0 Å². The lowest BCUT2D eigenvalue weighted by atomic mass is 9.96. The van der Waals surface area contributed by atoms with Crippen LogP contribution in [-0.2, 0) is 26.9 Å². The lowest BCUT2D eigenvalue weighted by molar-refractivity contribution is -0.149. The van der Waals surface area contributed by atoms with Crippen LogP contribution in [0.4, 0.5) is 0 Å². The molecule has 2 unspecified atom stereocenters. The molecule has 6 heteroatoms. The Bertz CT molecular complexity index is 884. The van der Waals surface area contributed by atoms with Gasteiger partial charge in [0.15, 0.2) is 0 Å². The van der Waals surface area contributed by atoms with E-state index in [1.165, 1.54) is 0 Å². The Hall–Kier alpha value is -2.21. The second kappa shape index (κ2) is 8.21. The van der Waals surface area contributed by atoms with E-state index in [4.69, 9.17) is 4.74 Å². The van der Waals surface area contributed by atoms with Gasteiger partial charge in [0.2, 0.25) is 5.78 Å². The minimum atomic E-state index is -1.10. The highest BCUT2D eigenvalue weighted by Gasteiger charge is 2.31. The van der Waals surface area contributed by atoms with Gasteiger partial charge in [-0.2, -0.15) is 0 Å². The van der Waals surface area contributed by atoms with E-state index in [1.807, 2.05) is 31.4 Å². The normalized spacial score (nSPS) is 17.4. The highest BCUT2D eigenvalue weighted by molar-refractivity contribution is 7.85. The van der Waals surface area contributed by atoms with Crippen LogP contribution in [0.1, 0.15) is 61.3 Å². The molecule has 0 amide bonds. The number of ketones is 1. The number of fused-ring (bicyclic) bond motifs is 1. The summed E-state index contributed by atoms with van der Waals surface area (Å²) in [5.74, 6) is -0.170. The number of carbonyl (C=O) groups excluding carboxylic acids is 2. The second-order valence-electron chi connectivity index (χ2n) is 6.97. The zero-order valence-electron chi connectivity index (χ0n) is 15.9. The smallest absolute Gasteiger partial charge is 0.315 e. The maximum absolute atomic E-state index is 13.1. The maximum Gasteiger partial charge on any atom is 0.315 e. The minimum Gasteiger partial charge on any atom is -0.462 e. The van der Waals surface area contributed by atoms with E-state index in [0.717, 1.165) is 18.5 Å². The van der Waals surface area contributed by atoms with E-state index in [9.17, 15) is 13.8 Å². The molecular formula is C21H25NO4S. The van der Waals surface area contributed by atoms with Crippen molar-refractivity contribution in [1.82, 2.24) is 4.57 Å². The zero-order valence-corrected chi connectivity index (χ0v) is 16.8. The molecule has 0 N–H and O–H groups in total. The lowest BCUT2D eigenvalue weighted by Gasteiger charge is -2.25. The SMILES string of the molecule is CCS(=O)c1cccc(C(=O)c2ccc3n2CCCC3C(=O)OC(C)C)c1. The van der Waals surface area contributed by atoms with Crippen LogP contribution in [-0.4, -0.2) is 32.4 Å². The molecule has 1 aromatic heterocycles. The highest BCUT2D eigenvalue weighted by Crippen LogP contribution is 2.31. The quantitative estimate of drug-likeness (QED) is 0.560. The number of hydrogen-bond donors (Lipinski definition) is 0. The molecule has 1 aliphatic rings. The number of benzene rings is 1. The molecule has 2 heterocycles. The number of ether oxygens (including phenoxy) is 1. The van der Waals surface area contributed by atoms with E-state index in [2.05, 4.69) is 0 Å². The summed E-state index contributed by atoms with van der Waals surface area (Å²) in [6.45, 7) is 6.23. The monoisotopic (exact) mass is 387 g/mol. The summed E-state index contributed by atoms with van der Waals surface area (Å²) >= 11 is 0. The van der Waals surface area contributed by atoms with Crippen LogP contribution in [0.5, 0.6) is 0 Å². The molecule has 0 saturated heterocycles. The van der Waals surface area contributed by atoms with Crippen molar-refractivity contribution in [2.45, 2.75) is 57.1 Å². The third-order valence-electron chi connectivity index (χ3n) is 4.74. The molecule has 2 aromatic rings. The third kappa shape index (κ3) is 4.05. The van der Waals surface area contributed by atoms with E-state index < -0.39 is 10.8 Å². The van der Waals surface area contributed by atoms with Crippen LogP contribution in [0.15, 0.2) is 41.3 Å². The predicted molar refractivity (Wildman–Crippen MR) is 104 cm³/mol. The molecule has 0 aliphatic carbocycles. The molecule has 1 aliphatic heterocycles. The van der Waals surface area contributed by atoms with Crippen LogP contribution < -0.4 is 0 Å². The first-order valence-corrected chi connectivity index (χ1v) is 10.7. The Kier molecular flexibility index (Phi) is 5.95. The fourth-order valence-corrected chi connectivity index (χ4v) is 4.31. The van der Waals surface area contributed by atoms with E-state index >= 15 is 0 Å². The van der Waals surface area contributed by atoms with Gasteiger partial charge in [-0.05, 0) is 51.0 Å². The Balaban J connectivity index is 1.91. The van der Waals surface area contributed by atoms with Gasteiger partial charge in [-0.25, -0.2) is 0 Å². The van der Waals surface area contributed by atoms with Gasteiger partial charge >= 0.3 is 5.97 Å². The summed E-state index contributed by atoms with van der Waals surface area (Å²) < 4.78 is 19.4. The van der Waals surface area contributed by atoms with Gasteiger partial charge in [0, 0.05) is 28.5 Å². The molecule has 0 spiro atoms. The summed E-state index contributed by atoms with van der Waals surface area (Å²) in [4.78, 5) is 26.1. The third-order valence-corrected chi connectivity index (χ3v) is 6.04. The molecule has 1 aromatic carbocycles. The highest BCUT2D eigenvalue weighted by atomic mass is 32.2. The van der Waals surface area contributed by atoms with Gasteiger partial charge < -0.3 is 9.30 Å². The van der Waals surface area contributed by atoms with Crippen molar-refractivity contribution >= 4 is 22.6 Å². The van der Waals surface area contributed by atoms with Crippen molar-refractivity contribution in [1.29, 1.82) is 0 Å². The van der Waals surface area contributed by atoms with Crippen molar-refractivity contribution in [2.24, 2.45) is 0 Å². The molecule has 5 nitrogen and oxygen atoms in total. The van der Waals surface area contributed by atoms with E-state index in [1.54, 1.807) is 30.3 Å². The molecule has 0 bridgehead atoms. The van der Waals surface area contributed by atoms with Crippen LogP contribution in [0, 0.1) is 0 Å². The fourth-order valence-electron chi connectivity index (χ4n) is 3.48.